The van der Waals surface area contributed by atoms with Crippen molar-refractivity contribution < 1.29 is 9.47 Å². The number of hydrogen-bond acceptors (Lipinski definition) is 4. The first-order chi connectivity index (χ1) is 15.1. The van der Waals surface area contributed by atoms with Crippen LogP contribution in [0.25, 0.3) is 11.3 Å². The quantitative estimate of drug-likeness (QED) is 0.374. The van der Waals surface area contributed by atoms with E-state index in [0.717, 1.165) is 38.2 Å². The van der Waals surface area contributed by atoms with Gasteiger partial charge in [-0.1, -0.05) is 52.3 Å². The maximum absolute atomic E-state index is 6.15. The molecule has 1 aliphatic heterocycles. The Morgan fingerprint density at radius 3 is 2.61 bits per heavy atom. The third-order valence-corrected chi connectivity index (χ3v) is 5.94. The zero-order chi connectivity index (χ0) is 21.4. The molecule has 0 fully saturated rings. The van der Waals surface area contributed by atoms with Crippen molar-refractivity contribution in [3.8, 4) is 22.8 Å². The normalized spacial score (nSPS) is 14.4. The summed E-state index contributed by atoms with van der Waals surface area (Å²) in [5, 5.41) is 8.39. The average Bonchev–Trinajstić information content (AvgIpc) is 3.19. The molecule has 0 amide bonds. The van der Waals surface area contributed by atoms with Gasteiger partial charge in [0.05, 0.1) is 18.5 Å². The van der Waals surface area contributed by atoms with E-state index >= 15 is 0 Å². The SMILES string of the molecule is COc1ccc(C2Nc3ccccc3-c3cc(C)nn32)cc1OCc1ccc(Br)cc1. The lowest BCUT2D eigenvalue weighted by Gasteiger charge is -2.29. The molecule has 5 nitrogen and oxygen atoms in total. The molecule has 0 saturated heterocycles. The lowest BCUT2D eigenvalue weighted by atomic mass is 10.0. The summed E-state index contributed by atoms with van der Waals surface area (Å²) in [5.41, 5.74) is 6.46. The van der Waals surface area contributed by atoms with Crippen LogP contribution in [0.2, 0.25) is 0 Å². The fraction of sp³-hybridized carbons (Fsp3) is 0.160. The van der Waals surface area contributed by atoms with Gasteiger partial charge in [-0.15, -0.1) is 0 Å². The molecule has 0 spiro atoms. The molecule has 5 rings (SSSR count). The molecule has 1 aromatic heterocycles. The van der Waals surface area contributed by atoms with E-state index in [9.17, 15) is 0 Å². The number of rotatable bonds is 5. The zero-order valence-corrected chi connectivity index (χ0v) is 18.9. The predicted octanol–water partition coefficient (Wildman–Crippen LogP) is 6.18. The highest BCUT2D eigenvalue weighted by atomic mass is 79.9. The molecule has 1 N–H and O–H groups in total. The second-order valence-corrected chi connectivity index (χ2v) is 8.45. The van der Waals surface area contributed by atoms with E-state index < -0.39 is 0 Å². The topological polar surface area (TPSA) is 48.3 Å². The minimum Gasteiger partial charge on any atom is -0.493 e. The van der Waals surface area contributed by atoms with E-state index in [1.54, 1.807) is 7.11 Å². The van der Waals surface area contributed by atoms with Gasteiger partial charge in [0.2, 0.25) is 0 Å². The van der Waals surface area contributed by atoms with Gasteiger partial charge in [-0.2, -0.15) is 5.10 Å². The number of anilines is 1. The first-order valence-electron chi connectivity index (χ1n) is 10.1. The summed E-state index contributed by atoms with van der Waals surface area (Å²) in [6.45, 7) is 2.48. The van der Waals surface area contributed by atoms with E-state index in [1.165, 1.54) is 0 Å². The number of nitrogens with one attached hydrogen (secondary N) is 1. The van der Waals surface area contributed by atoms with Gasteiger partial charge in [-0.25, -0.2) is 4.68 Å². The molecule has 4 aromatic rings. The van der Waals surface area contributed by atoms with Crippen molar-refractivity contribution in [2.75, 3.05) is 12.4 Å². The van der Waals surface area contributed by atoms with E-state index in [4.69, 9.17) is 14.6 Å². The molecule has 1 aliphatic rings. The number of halogens is 1. The predicted molar refractivity (Wildman–Crippen MR) is 126 cm³/mol. The number of methoxy groups -OCH3 is 1. The maximum atomic E-state index is 6.15. The van der Waals surface area contributed by atoms with Crippen LogP contribution in [0.4, 0.5) is 5.69 Å². The largest absolute Gasteiger partial charge is 0.493 e. The number of para-hydroxylation sites is 1. The highest BCUT2D eigenvalue weighted by Gasteiger charge is 2.27. The van der Waals surface area contributed by atoms with E-state index in [-0.39, 0.29) is 6.17 Å². The third-order valence-electron chi connectivity index (χ3n) is 5.41. The Hall–Kier alpha value is -3.25. The Bertz CT molecular complexity index is 1230. The van der Waals surface area contributed by atoms with Gasteiger partial charge >= 0.3 is 0 Å². The van der Waals surface area contributed by atoms with Crippen LogP contribution in [0.5, 0.6) is 11.5 Å². The van der Waals surface area contributed by atoms with Crippen LogP contribution in [0.3, 0.4) is 0 Å². The fourth-order valence-corrected chi connectivity index (χ4v) is 4.16. The summed E-state index contributed by atoms with van der Waals surface area (Å²) in [6, 6.07) is 24.6. The van der Waals surface area contributed by atoms with Crippen LogP contribution >= 0.6 is 15.9 Å². The van der Waals surface area contributed by atoms with Crippen molar-refractivity contribution in [3.63, 3.8) is 0 Å². The molecule has 6 heteroatoms. The Morgan fingerprint density at radius 2 is 1.81 bits per heavy atom. The van der Waals surface area contributed by atoms with Crippen LogP contribution in [-0.2, 0) is 6.61 Å². The van der Waals surface area contributed by atoms with Gasteiger partial charge in [-0.05, 0) is 48.9 Å². The average molecular weight is 476 g/mol. The number of fused-ring (bicyclic) bond motifs is 3. The summed E-state index contributed by atoms with van der Waals surface area (Å²) in [5.74, 6) is 1.41. The number of ether oxygens (including phenoxy) is 2. The Balaban J connectivity index is 1.49. The van der Waals surface area contributed by atoms with Crippen LogP contribution in [0.15, 0.2) is 77.3 Å². The first-order valence-corrected chi connectivity index (χ1v) is 10.9. The molecule has 31 heavy (non-hydrogen) atoms. The van der Waals surface area contributed by atoms with Crippen molar-refractivity contribution in [1.29, 1.82) is 0 Å². The highest BCUT2D eigenvalue weighted by molar-refractivity contribution is 9.10. The number of benzene rings is 3. The van der Waals surface area contributed by atoms with Crippen molar-refractivity contribution in [2.24, 2.45) is 0 Å². The fourth-order valence-electron chi connectivity index (χ4n) is 3.90. The number of aryl methyl sites for hydroxylation is 1. The first kappa shape index (κ1) is 19.7. The zero-order valence-electron chi connectivity index (χ0n) is 17.3. The van der Waals surface area contributed by atoms with Gasteiger partial charge in [0.1, 0.15) is 12.8 Å². The monoisotopic (exact) mass is 475 g/mol. The molecule has 0 aliphatic carbocycles. The molecule has 0 saturated carbocycles. The summed E-state index contributed by atoms with van der Waals surface area (Å²) in [4.78, 5) is 0. The molecule has 2 heterocycles. The van der Waals surface area contributed by atoms with Crippen LogP contribution in [-0.4, -0.2) is 16.9 Å². The molecule has 0 radical (unpaired) electrons. The summed E-state index contributed by atoms with van der Waals surface area (Å²) in [7, 11) is 1.66. The number of aromatic nitrogens is 2. The van der Waals surface area contributed by atoms with Crippen LogP contribution in [0, 0.1) is 6.92 Å². The Labute approximate surface area is 189 Å². The van der Waals surface area contributed by atoms with Gasteiger partial charge in [-0.3, -0.25) is 0 Å². The Kier molecular flexibility index (Phi) is 5.16. The molecular weight excluding hydrogens is 454 g/mol. The van der Waals surface area contributed by atoms with E-state index in [1.807, 2.05) is 54.1 Å². The summed E-state index contributed by atoms with van der Waals surface area (Å²) < 4.78 is 14.8. The lowest BCUT2D eigenvalue weighted by Crippen LogP contribution is -2.25. The summed E-state index contributed by atoms with van der Waals surface area (Å²) in [6.07, 6.45) is -0.139. The third kappa shape index (κ3) is 3.79. The van der Waals surface area contributed by atoms with Crippen LogP contribution in [0.1, 0.15) is 23.0 Å². The van der Waals surface area contributed by atoms with E-state index in [2.05, 4.69) is 51.6 Å². The second kappa shape index (κ2) is 8.12. The number of nitrogens with zero attached hydrogens (tertiary/aromatic N) is 2. The van der Waals surface area contributed by atoms with Gasteiger partial charge in [0, 0.05) is 21.3 Å². The minimum atomic E-state index is -0.139. The van der Waals surface area contributed by atoms with Gasteiger partial charge < -0.3 is 14.8 Å². The smallest absolute Gasteiger partial charge is 0.162 e. The van der Waals surface area contributed by atoms with E-state index in [0.29, 0.717) is 18.1 Å². The van der Waals surface area contributed by atoms with Crippen molar-refractivity contribution in [2.45, 2.75) is 19.7 Å². The summed E-state index contributed by atoms with van der Waals surface area (Å²) >= 11 is 3.47. The molecule has 0 bridgehead atoms. The lowest BCUT2D eigenvalue weighted by molar-refractivity contribution is 0.284. The molecule has 1 unspecified atom stereocenters. The van der Waals surface area contributed by atoms with Crippen molar-refractivity contribution in [3.05, 3.63) is 94.1 Å². The minimum absolute atomic E-state index is 0.139. The molecule has 156 valence electrons. The highest BCUT2D eigenvalue weighted by Crippen LogP contribution is 2.40. The molecule has 1 atom stereocenters. The second-order valence-electron chi connectivity index (χ2n) is 7.53. The van der Waals surface area contributed by atoms with Crippen LogP contribution < -0.4 is 14.8 Å². The maximum Gasteiger partial charge on any atom is 0.162 e. The standard InChI is InChI=1S/C25H22BrN3O2/c1-16-13-22-20-5-3-4-6-21(20)27-25(29(22)28-16)18-9-12-23(30-2)24(14-18)31-15-17-7-10-19(26)11-8-17/h3-14,25,27H,15H2,1-2H3. The number of hydrogen-bond donors (Lipinski definition) is 1. The van der Waals surface area contributed by atoms with Gasteiger partial charge in [0.25, 0.3) is 0 Å². The van der Waals surface area contributed by atoms with Crippen molar-refractivity contribution >= 4 is 21.6 Å². The van der Waals surface area contributed by atoms with Gasteiger partial charge in [0.15, 0.2) is 11.5 Å². The molecule has 3 aromatic carbocycles. The molecular formula is C25H22BrN3O2. The van der Waals surface area contributed by atoms with Crippen molar-refractivity contribution in [1.82, 2.24) is 9.78 Å². The Morgan fingerprint density at radius 1 is 1.00 bits per heavy atom.